The summed E-state index contributed by atoms with van der Waals surface area (Å²) in [4.78, 5) is 4.31. The largest absolute Gasteiger partial charge is 0.493 e. The summed E-state index contributed by atoms with van der Waals surface area (Å²) >= 11 is 0. The number of anilines is 1. The Morgan fingerprint density at radius 3 is 2.78 bits per heavy atom. The van der Waals surface area contributed by atoms with E-state index in [1.165, 1.54) is 25.7 Å². The third-order valence-electron chi connectivity index (χ3n) is 3.18. The zero-order valence-corrected chi connectivity index (χ0v) is 12.1. The first-order valence-corrected chi connectivity index (χ1v) is 6.82. The number of pyridine rings is 1. The summed E-state index contributed by atoms with van der Waals surface area (Å²) in [5.41, 5.74) is 0.289. The van der Waals surface area contributed by atoms with Crippen LogP contribution in [0, 0.1) is 5.41 Å². The second-order valence-electron chi connectivity index (χ2n) is 5.53. The molecular formula is C15H26N2O. The Morgan fingerprint density at radius 2 is 2.11 bits per heavy atom. The predicted molar refractivity (Wildman–Crippen MR) is 77.2 cm³/mol. The van der Waals surface area contributed by atoms with Gasteiger partial charge in [-0.05, 0) is 24.0 Å². The van der Waals surface area contributed by atoms with Crippen LogP contribution in [0.15, 0.2) is 18.3 Å². The molecule has 0 aromatic carbocycles. The lowest BCUT2D eigenvalue weighted by Crippen LogP contribution is -2.23. The Hall–Kier alpha value is -1.25. The van der Waals surface area contributed by atoms with Crippen LogP contribution in [-0.4, -0.2) is 18.6 Å². The topological polar surface area (TPSA) is 34.2 Å². The van der Waals surface area contributed by atoms with E-state index in [1.54, 1.807) is 13.3 Å². The van der Waals surface area contributed by atoms with Gasteiger partial charge >= 0.3 is 0 Å². The third-order valence-corrected chi connectivity index (χ3v) is 3.18. The van der Waals surface area contributed by atoms with Crippen LogP contribution in [0.3, 0.4) is 0 Å². The third kappa shape index (κ3) is 4.94. The van der Waals surface area contributed by atoms with Gasteiger partial charge < -0.3 is 10.1 Å². The average Bonchev–Trinajstić information content (AvgIpc) is 2.37. The fraction of sp³-hybridized carbons (Fsp3) is 0.667. The predicted octanol–water partition coefficient (Wildman–Crippen LogP) is 4.11. The van der Waals surface area contributed by atoms with Crippen LogP contribution in [0.1, 0.15) is 46.5 Å². The lowest BCUT2D eigenvalue weighted by Gasteiger charge is -2.25. The van der Waals surface area contributed by atoms with Gasteiger partial charge in [-0.15, -0.1) is 0 Å². The first-order valence-electron chi connectivity index (χ1n) is 6.82. The summed E-state index contributed by atoms with van der Waals surface area (Å²) in [6.07, 6.45) is 6.91. The highest BCUT2D eigenvalue weighted by Gasteiger charge is 2.17. The lowest BCUT2D eigenvalue weighted by atomic mass is 9.87. The number of nitrogens with one attached hydrogen (secondary N) is 1. The molecule has 0 aliphatic heterocycles. The molecule has 1 aromatic rings. The molecule has 0 atom stereocenters. The molecule has 18 heavy (non-hydrogen) atoms. The van der Waals surface area contributed by atoms with Crippen molar-refractivity contribution in [3.05, 3.63) is 18.3 Å². The summed E-state index contributed by atoms with van der Waals surface area (Å²) in [6, 6.07) is 3.82. The molecule has 3 heteroatoms. The van der Waals surface area contributed by atoms with Gasteiger partial charge in [0.05, 0.1) is 7.11 Å². The van der Waals surface area contributed by atoms with E-state index in [0.29, 0.717) is 0 Å². The van der Waals surface area contributed by atoms with Crippen molar-refractivity contribution in [3.8, 4) is 5.75 Å². The van der Waals surface area contributed by atoms with E-state index in [2.05, 4.69) is 31.1 Å². The van der Waals surface area contributed by atoms with Crippen molar-refractivity contribution in [2.45, 2.75) is 46.5 Å². The maximum atomic E-state index is 5.28. The van der Waals surface area contributed by atoms with Gasteiger partial charge in [0, 0.05) is 12.7 Å². The van der Waals surface area contributed by atoms with Gasteiger partial charge in [0.25, 0.3) is 0 Å². The minimum atomic E-state index is 0.289. The van der Waals surface area contributed by atoms with Crippen LogP contribution in [-0.2, 0) is 0 Å². The van der Waals surface area contributed by atoms with Crippen LogP contribution in [0.5, 0.6) is 5.75 Å². The fourth-order valence-electron chi connectivity index (χ4n) is 1.95. The summed E-state index contributed by atoms with van der Waals surface area (Å²) in [5.74, 6) is 1.64. The molecule has 3 nitrogen and oxygen atoms in total. The average molecular weight is 250 g/mol. The Morgan fingerprint density at radius 1 is 1.33 bits per heavy atom. The fourth-order valence-corrected chi connectivity index (χ4v) is 1.95. The van der Waals surface area contributed by atoms with Crippen LogP contribution in [0.25, 0.3) is 0 Å². The second kappa shape index (κ2) is 7.24. The number of ether oxygens (including phenoxy) is 1. The molecule has 0 aliphatic rings. The number of hydrogen-bond donors (Lipinski definition) is 1. The monoisotopic (exact) mass is 250 g/mol. The van der Waals surface area contributed by atoms with Crippen molar-refractivity contribution >= 4 is 5.82 Å². The first kappa shape index (κ1) is 14.8. The summed E-state index contributed by atoms with van der Waals surface area (Å²) in [5, 5.41) is 3.40. The molecule has 1 rings (SSSR count). The number of nitrogens with zero attached hydrogens (tertiary/aromatic N) is 1. The van der Waals surface area contributed by atoms with Crippen molar-refractivity contribution in [1.29, 1.82) is 0 Å². The van der Waals surface area contributed by atoms with Crippen LogP contribution >= 0.6 is 0 Å². The second-order valence-corrected chi connectivity index (χ2v) is 5.53. The molecule has 0 saturated heterocycles. The van der Waals surface area contributed by atoms with Gasteiger partial charge in [-0.3, -0.25) is 0 Å². The van der Waals surface area contributed by atoms with E-state index in [1.807, 2.05) is 12.1 Å². The molecule has 1 heterocycles. The molecule has 0 radical (unpaired) electrons. The highest BCUT2D eigenvalue weighted by molar-refractivity contribution is 5.49. The Balaban J connectivity index is 2.47. The van der Waals surface area contributed by atoms with Crippen LogP contribution in [0.2, 0.25) is 0 Å². The quantitative estimate of drug-likeness (QED) is 0.705. The standard InChI is InChI=1S/C15H26N2O/c1-5-6-7-10-15(2,3)12-17-14-13(18-4)9-8-11-16-14/h8-9,11H,5-7,10,12H2,1-4H3,(H,16,17). The number of hydrogen-bond acceptors (Lipinski definition) is 3. The van der Waals surface area contributed by atoms with Crippen molar-refractivity contribution in [3.63, 3.8) is 0 Å². The van der Waals surface area contributed by atoms with E-state index in [-0.39, 0.29) is 5.41 Å². The van der Waals surface area contributed by atoms with E-state index >= 15 is 0 Å². The smallest absolute Gasteiger partial charge is 0.168 e. The molecule has 0 amide bonds. The van der Waals surface area contributed by atoms with Gasteiger partial charge in [0.15, 0.2) is 11.6 Å². The summed E-state index contributed by atoms with van der Waals surface area (Å²) < 4.78 is 5.28. The van der Waals surface area contributed by atoms with Gasteiger partial charge in [0.1, 0.15) is 0 Å². The molecule has 1 aromatic heterocycles. The number of rotatable bonds is 8. The molecule has 0 spiro atoms. The van der Waals surface area contributed by atoms with Gasteiger partial charge in [-0.2, -0.15) is 0 Å². The van der Waals surface area contributed by atoms with Crippen molar-refractivity contribution in [1.82, 2.24) is 4.98 Å². The minimum absolute atomic E-state index is 0.289. The Bertz CT molecular complexity index is 350. The number of unbranched alkanes of at least 4 members (excludes halogenated alkanes) is 2. The van der Waals surface area contributed by atoms with Gasteiger partial charge in [-0.1, -0.05) is 40.0 Å². The summed E-state index contributed by atoms with van der Waals surface area (Å²) in [7, 11) is 1.68. The maximum absolute atomic E-state index is 5.28. The number of methoxy groups -OCH3 is 1. The van der Waals surface area contributed by atoms with Crippen LogP contribution < -0.4 is 10.1 Å². The molecule has 0 unspecified atom stereocenters. The zero-order chi connectivity index (χ0) is 13.4. The first-order chi connectivity index (χ1) is 8.59. The Labute approximate surface area is 111 Å². The highest BCUT2D eigenvalue weighted by atomic mass is 16.5. The summed E-state index contributed by atoms with van der Waals surface area (Å²) in [6.45, 7) is 7.75. The SMILES string of the molecule is CCCCCC(C)(C)CNc1ncccc1OC. The molecular weight excluding hydrogens is 224 g/mol. The van der Waals surface area contributed by atoms with E-state index in [9.17, 15) is 0 Å². The molecule has 0 fully saturated rings. The van der Waals surface area contributed by atoms with Crippen molar-refractivity contribution in [2.24, 2.45) is 5.41 Å². The normalized spacial score (nSPS) is 11.3. The molecule has 0 bridgehead atoms. The number of aromatic nitrogens is 1. The van der Waals surface area contributed by atoms with Crippen molar-refractivity contribution in [2.75, 3.05) is 19.0 Å². The van der Waals surface area contributed by atoms with Crippen molar-refractivity contribution < 1.29 is 4.74 Å². The lowest BCUT2D eigenvalue weighted by molar-refractivity contribution is 0.341. The molecule has 1 N–H and O–H groups in total. The van der Waals surface area contributed by atoms with Gasteiger partial charge in [0.2, 0.25) is 0 Å². The Kier molecular flexibility index (Phi) is 5.96. The van der Waals surface area contributed by atoms with E-state index in [4.69, 9.17) is 4.74 Å². The molecule has 0 saturated carbocycles. The highest BCUT2D eigenvalue weighted by Crippen LogP contribution is 2.26. The minimum Gasteiger partial charge on any atom is -0.493 e. The van der Waals surface area contributed by atoms with E-state index in [0.717, 1.165) is 18.1 Å². The van der Waals surface area contributed by atoms with Crippen LogP contribution in [0.4, 0.5) is 5.82 Å². The molecule has 102 valence electrons. The maximum Gasteiger partial charge on any atom is 0.168 e. The molecule has 0 aliphatic carbocycles. The van der Waals surface area contributed by atoms with Gasteiger partial charge in [-0.25, -0.2) is 4.98 Å². The van der Waals surface area contributed by atoms with E-state index < -0.39 is 0 Å². The zero-order valence-electron chi connectivity index (χ0n) is 12.1.